The number of amides is 1. The van der Waals surface area contributed by atoms with E-state index in [1.54, 1.807) is 18.2 Å². The normalized spacial score (nSPS) is 14.2. The van der Waals surface area contributed by atoms with Crippen molar-refractivity contribution in [1.82, 2.24) is 15.5 Å². The monoisotopic (exact) mass is 334 g/mol. The Morgan fingerprint density at radius 2 is 2.23 bits per heavy atom. The molecule has 7 heteroatoms. The van der Waals surface area contributed by atoms with Crippen molar-refractivity contribution in [2.24, 2.45) is 0 Å². The molecular weight excluding hydrogens is 323 g/mol. The molecule has 0 spiro atoms. The van der Waals surface area contributed by atoms with E-state index in [4.69, 9.17) is 23.2 Å². The number of halogens is 2. The van der Waals surface area contributed by atoms with E-state index in [1.165, 1.54) is 0 Å². The molecule has 0 saturated carbocycles. The minimum absolute atomic E-state index is 0.267. The average molecular weight is 335 g/mol. The molecule has 1 heterocycles. The van der Waals surface area contributed by atoms with E-state index in [9.17, 15) is 10.1 Å². The summed E-state index contributed by atoms with van der Waals surface area (Å²) in [7, 11) is 0. The number of carbonyl (C=O) groups excluding carboxylic acids is 1. The van der Waals surface area contributed by atoms with Gasteiger partial charge in [-0.1, -0.05) is 35.3 Å². The Morgan fingerprint density at radius 1 is 1.41 bits per heavy atom. The maximum Gasteiger partial charge on any atom is 0.273 e. The van der Waals surface area contributed by atoms with Gasteiger partial charge in [-0.15, -0.1) is 0 Å². The van der Waals surface area contributed by atoms with E-state index in [1.807, 2.05) is 6.07 Å². The number of aromatic amines is 1. The van der Waals surface area contributed by atoms with Crippen LogP contribution in [0.3, 0.4) is 0 Å². The first-order chi connectivity index (χ1) is 10.6. The van der Waals surface area contributed by atoms with Crippen molar-refractivity contribution < 1.29 is 4.79 Å². The average Bonchev–Trinajstić information content (AvgIpc) is 3.10. The van der Waals surface area contributed by atoms with Gasteiger partial charge in [0.05, 0.1) is 16.1 Å². The van der Waals surface area contributed by atoms with Gasteiger partial charge in [-0.2, -0.15) is 10.4 Å². The van der Waals surface area contributed by atoms with Gasteiger partial charge in [-0.25, -0.2) is 0 Å². The van der Waals surface area contributed by atoms with Gasteiger partial charge in [0.15, 0.2) is 5.69 Å². The lowest BCUT2D eigenvalue weighted by atomic mass is 10.1. The molecule has 0 saturated heterocycles. The molecule has 1 aromatic carbocycles. The van der Waals surface area contributed by atoms with Gasteiger partial charge in [0.25, 0.3) is 5.91 Å². The SMILES string of the molecule is N#C[C@H](NC(=O)c1n[nH]c2c1CCC2)c1cccc(Cl)c1Cl. The van der Waals surface area contributed by atoms with Crippen molar-refractivity contribution in [3.63, 3.8) is 0 Å². The fourth-order valence-electron chi connectivity index (χ4n) is 2.63. The third-order valence-electron chi connectivity index (χ3n) is 3.72. The number of benzene rings is 1. The Hall–Kier alpha value is -2.03. The van der Waals surface area contributed by atoms with Gasteiger partial charge < -0.3 is 5.32 Å². The van der Waals surface area contributed by atoms with Gasteiger partial charge in [0.1, 0.15) is 6.04 Å². The standard InChI is InChI=1S/C15H12Cl2N4O/c16-10-5-1-3-8(13(10)17)12(7-18)19-15(22)14-9-4-2-6-11(9)20-21-14/h1,3,5,12H,2,4,6H2,(H,19,22)(H,20,21)/t12-/m0/s1. The number of hydrogen-bond donors (Lipinski definition) is 2. The Labute approximate surface area is 137 Å². The third kappa shape index (κ3) is 2.56. The third-order valence-corrected chi connectivity index (χ3v) is 4.55. The van der Waals surface area contributed by atoms with Gasteiger partial charge in [-0.3, -0.25) is 9.89 Å². The fraction of sp³-hybridized carbons (Fsp3) is 0.267. The van der Waals surface area contributed by atoms with Gasteiger partial charge >= 0.3 is 0 Å². The second-order valence-corrected chi connectivity index (χ2v) is 5.85. The van der Waals surface area contributed by atoms with Gasteiger partial charge in [0, 0.05) is 16.8 Å². The van der Waals surface area contributed by atoms with Crippen LogP contribution in [-0.4, -0.2) is 16.1 Å². The first kappa shape index (κ1) is 14.9. The Kier molecular flexibility index (Phi) is 4.06. The van der Waals surface area contributed by atoms with Crippen molar-refractivity contribution in [3.05, 3.63) is 50.8 Å². The van der Waals surface area contributed by atoms with E-state index in [0.717, 1.165) is 30.5 Å². The summed E-state index contributed by atoms with van der Waals surface area (Å²) >= 11 is 12.1. The number of nitrogens with one attached hydrogen (secondary N) is 2. The predicted molar refractivity (Wildman–Crippen MR) is 82.9 cm³/mol. The summed E-state index contributed by atoms with van der Waals surface area (Å²) in [5.74, 6) is -0.387. The molecule has 1 aliphatic rings. The van der Waals surface area contributed by atoms with Crippen LogP contribution in [0.1, 0.15) is 39.8 Å². The van der Waals surface area contributed by atoms with Crippen molar-refractivity contribution in [2.75, 3.05) is 0 Å². The molecule has 5 nitrogen and oxygen atoms in total. The Balaban J connectivity index is 1.85. The second kappa shape index (κ2) is 5.99. The first-order valence-corrected chi connectivity index (χ1v) is 7.58. The molecule has 1 aromatic heterocycles. The molecule has 112 valence electrons. The zero-order valence-electron chi connectivity index (χ0n) is 11.5. The summed E-state index contributed by atoms with van der Waals surface area (Å²) in [5, 5.41) is 19.5. The smallest absolute Gasteiger partial charge is 0.273 e. The molecule has 2 aromatic rings. The number of hydrogen-bond acceptors (Lipinski definition) is 3. The highest BCUT2D eigenvalue weighted by molar-refractivity contribution is 6.42. The summed E-state index contributed by atoms with van der Waals surface area (Å²) in [6.07, 6.45) is 2.73. The van der Waals surface area contributed by atoms with Crippen molar-refractivity contribution in [3.8, 4) is 6.07 Å². The van der Waals surface area contributed by atoms with Crippen LogP contribution in [0.5, 0.6) is 0 Å². The molecule has 0 radical (unpaired) electrons. The zero-order valence-corrected chi connectivity index (χ0v) is 13.0. The van der Waals surface area contributed by atoms with E-state index in [2.05, 4.69) is 15.5 Å². The molecule has 0 fully saturated rings. The molecular formula is C15H12Cl2N4O. The lowest BCUT2D eigenvalue weighted by molar-refractivity contribution is 0.0939. The maximum absolute atomic E-state index is 12.4. The van der Waals surface area contributed by atoms with E-state index < -0.39 is 6.04 Å². The molecule has 1 amide bonds. The van der Waals surface area contributed by atoms with Crippen LogP contribution in [0.25, 0.3) is 0 Å². The minimum atomic E-state index is -0.882. The molecule has 1 atom stereocenters. The highest BCUT2D eigenvalue weighted by atomic mass is 35.5. The lowest BCUT2D eigenvalue weighted by Crippen LogP contribution is -2.28. The van der Waals surface area contributed by atoms with E-state index >= 15 is 0 Å². The van der Waals surface area contributed by atoms with Crippen molar-refractivity contribution in [2.45, 2.75) is 25.3 Å². The maximum atomic E-state index is 12.4. The highest BCUT2D eigenvalue weighted by Gasteiger charge is 2.25. The number of H-pyrrole nitrogens is 1. The summed E-state index contributed by atoms with van der Waals surface area (Å²) < 4.78 is 0. The van der Waals surface area contributed by atoms with Crippen LogP contribution in [0, 0.1) is 11.3 Å². The highest BCUT2D eigenvalue weighted by Crippen LogP contribution is 2.30. The van der Waals surface area contributed by atoms with Gasteiger partial charge in [-0.05, 0) is 25.3 Å². The number of aryl methyl sites for hydroxylation is 1. The molecule has 3 rings (SSSR count). The number of nitriles is 1. The van der Waals surface area contributed by atoms with Crippen LogP contribution < -0.4 is 5.32 Å². The fourth-order valence-corrected chi connectivity index (χ4v) is 3.05. The first-order valence-electron chi connectivity index (χ1n) is 6.82. The topological polar surface area (TPSA) is 81.6 Å². The number of nitrogens with zero attached hydrogens (tertiary/aromatic N) is 2. The lowest BCUT2D eigenvalue weighted by Gasteiger charge is -2.13. The quantitative estimate of drug-likeness (QED) is 0.904. The Morgan fingerprint density at radius 3 is 3.00 bits per heavy atom. The molecule has 22 heavy (non-hydrogen) atoms. The number of aromatic nitrogens is 2. The van der Waals surface area contributed by atoms with Gasteiger partial charge in [0.2, 0.25) is 0 Å². The summed E-state index contributed by atoms with van der Waals surface area (Å²) in [5.41, 5.74) is 2.76. The van der Waals surface area contributed by atoms with Crippen LogP contribution in [0.15, 0.2) is 18.2 Å². The molecule has 1 aliphatic carbocycles. The van der Waals surface area contributed by atoms with E-state index in [-0.39, 0.29) is 10.9 Å². The molecule has 2 N–H and O–H groups in total. The van der Waals surface area contributed by atoms with Crippen LogP contribution >= 0.6 is 23.2 Å². The predicted octanol–water partition coefficient (Wildman–Crippen LogP) is 3.20. The largest absolute Gasteiger partial charge is 0.331 e. The summed E-state index contributed by atoms with van der Waals surface area (Å²) in [4.78, 5) is 12.4. The minimum Gasteiger partial charge on any atom is -0.331 e. The molecule has 0 unspecified atom stereocenters. The Bertz CT molecular complexity index is 778. The summed E-state index contributed by atoms with van der Waals surface area (Å²) in [6.45, 7) is 0. The van der Waals surface area contributed by atoms with Crippen molar-refractivity contribution in [1.29, 1.82) is 5.26 Å². The van der Waals surface area contributed by atoms with E-state index in [0.29, 0.717) is 16.3 Å². The molecule has 0 aliphatic heterocycles. The second-order valence-electron chi connectivity index (χ2n) is 5.06. The number of carbonyl (C=O) groups is 1. The summed E-state index contributed by atoms with van der Waals surface area (Å²) in [6, 6.07) is 6.13. The number of fused-ring (bicyclic) bond motifs is 1. The van der Waals surface area contributed by atoms with Crippen molar-refractivity contribution >= 4 is 29.1 Å². The molecule has 0 bridgehead atoms. The zero-order chi connectivity index (χ0) is 15.7. The van der Waals surface area contributed by atoms with Crippen LogP contribution in [0.4, 0.5) is 0 Å². The number of rotatable bonds is 3. The van der Waals surface area contributed by atoms with Crippen LogP contribution in [-0.2, 0) is 12.8 Å². The van der Waals surface area contributed by atoms with Crippen LogP contribution in [0.2, 0.25) is 10.0 Å².